The van der Waals surface area contributed by atoms with Gasteiger partial charge in [-0.3, -0.25) is 0 Å². The van der Waals surface area contributed by atoms with E-state index in [2.05, 4.69) is 0 Å². The molecule has 12 heteroatoms. The molecule has 0 saturated carbocycles. The van der Waals surface area contributed by atoms with E-state index in [0.717, 1.165) is 0 Å². The fraction of sp³-hybridized carbons (Fsp3) is 0.167. The molecule has 0 spiro atoms. The maximum Gasteiger partial charge on any atom is 0.417 e. The molecule has 2 aromatic rings. The van der Waals surface area contributed by atoms with Crippen molar-refractivity contribution in [2.45, 2.75) is 18.3 Å². The van der Waals surface area contributed by atoms with E-state index in [4.69, 9.17) is 16.7 Å². The summed E-state index contributed by atoms with van der Waals surface area (Å²) in [6.07, 6.45) is -10.6. The van der Waals surface area contributed by atoms with Crippen LogP contribution in [0.5, 0.6) is 0 Å². The fourth-order valence-corrected chi connectivity index (χ4v) is 2.71. The second-order valence-corrected chi connectivity index (χ2v) is 6.30. The van der Waals surface area contributed by atoms with E-state index in [1.807, 2.05) is 0 Å². The topological polar surface area (TPSA) is 37.3 Å². The Labute approximate surface area is 167 Å². The Bertz CT molecular complexity index is 987. The summed E-state index contributed by atoms with van der Waals surface area (Å²) >= 11 is 5.31. The van der Waals surface area contributed by atoms with Crippen LogP contribution in [-0.2, 0) is 6.18 Å². The van der Waals surface area contributed by atoms with Gasteiger partial charge in [-0.1, -0.05) is 17.7 Å². The van der Waals surface area contributed by atoms with Gasteiger partial charge in [-0.05, 0) is 35.9 Å². The van der Waals surface area contributed by atoms with Crippen molar-refractivity contribution in [1.29, 1.82) is 0 Å². The second-order valence-electron chi connectivity index (χ2n) is 5.90. The third kappa shape index (κ3) is 5.07. The molecular formula is C18H8ClF9O2. The fourth-order valence-electron chi connectivity index (χ4n) is 2.49. The highest BCUT2D eigenvalue weighted by molar-refractivity contribution is 6.30. The van der Waals surface area contributed by atoms with Crippen LogP contribution in [0.15, 0.2) is 36.4 Å². The molecule has 0 fully saturated rings. The van der Waals surface area contributed by atoms with Gasteiger partial charge in [0.15, 0.2) is 11.6 Å². The minimum Gasteiger partial charge on any atom is -0.478 e. The number of aromatic carboxylic acids is 1. The zero-order valence-electron chi connectivity index (χ0n) is 14.2. The number of carbonyl (C=O) groups is 1. The Morgan fingerprint density at radius 1 is 1.03 bits per heavy atom. The molecule has 2 aromatic carbocycles. The molecule has 0 aliphatic carbocycles. The molecule has 30 heavy (non-hydrogen) atoms. The van der Waals surface area contributed by atoms with E-state index in [-0.39, 0.29) is 18.2 Å². The highest BCUT2D eigenvalue weighted by atomic mass is 35.5. The first kappa shape index (κ1) is 23.6. The Balaban J connectivity index is 2.62. The van der Waals surface area contributed by atoms with E-state index in [0.29, 0.717) is 18.2 Å². The third-order valence-electron chi connectivity index (χ3n) is 3.86. The first-order valence-corrected chi connectivity index (χ1v) is 8.04. The molecule has 0 bridgehead atoms. The van der Waals surface area contributed by atoms with E-state index in [1.165, 1.54) is 0 Å². The normalized spacial score (nSPS) is 14.0. The molecule has 0 saturated heterocycles. The van der Waals surface area contributed by atoms with Crippen LogP contribution in [0.2, 0.25) is 5.02 Å². The van der Waals surface area contributed by atoms with Crippen LogP contribution in [0.25, 0.3) is 5.83 Å². The first-order valence-electron chi connectivity index (χ1n) is 7.66. The van der Waals surface area contributed by atoms with Crippen molar-refractivity contribution in [2.24, 2.45) is 0 Å². The van der Waals surface area contributed by atoms with Gasteiger partial charge in [0.25, 0.3) is 0 Å². The molecule has 1 atom stereocenters. The number of carboxylic acids is 1. The Morgan fingerprint density at radius 3 is 2.10 bits per heavy atom. The summed E-state index contributed by atoms with van der Waals surface area (Å²) in [5.41, 5.74) is -5.02. The van der Waals surface area contributed by atoms with Crippen LogP contribution in [0.1, 0.15) is 33.0 Å². The summed E-state index contributed by atoms with van der Waals surface area (Å²) in [5.74, 6) is -10.1. The molecule has 0 amide bonds. The van der Waals surface area contributed by atoms with Gasteiger partial charge in [0.05, 0.1) is 16.1 Å². The minimum atomic E-state index is -5.25. The smallest absolute Gasteiger partial charge is 0.417 e. The molecule has 1 unspecified atom stereocenters. The monoisotopic (exact) mass is 462 g/mol. The number of rotatable bonds is 4. The Hall–Kier alpha value is -2.69. The van der Waals surface area contributed by atoms with Crippen LogP contribution < -0.4 is 0 Å². The maximum atomic E-state index is 14.4. The SMILES string of the molecule is O=C(O)c1ccc(/C(F)=C/C(c2cc(F)c(F)c(Cl)c2)C(F)(F)F)cc1C(F)(F)F. The lowest BCUT2D eigenvalue weighted by molar-refractivity contribution is -0.140. The van der Waals surface area contributed by atoms with E-state index in [9.17, 15) is 44.3 Å². The van der Waals surface area contributed by atoms with E-state index >= 15 is 0 Å². The molecule has 0 aromatic heterocycles. The van der Waals surface area contributed by atoms with Crippen LogP contribution >= 0.6 is 11.6 Å². The number of alkyl halides is 6. The van der Waals surface area contributed by atoms with Gasteiger partial charge in [-0.25, -0.2) is 18.0 Å². The van der Waals surface area contributed by atoms with Crippen molar-refractivity contribution < 1.29 is 49.4 Å². The maximum absolute atomic E-state index is 14.4. The van der Waals surface area contributed by atoms with Crippen LogP contribution in [0.4, 0.5) is 39.5 Å². The number of hydrogen-bond donors (Lipinski definition) is 1. The average Bonchev–Trinajstić information content (AvgIpc) is 2.61. The molecular weight excluding hydrogens is 455 g/mol. The van der Waals surface area contributed by atoms with Gasteiger partial charge in [0, 0.05) is 5.56 Å². The Morgan fingerprint density at radius 2 is 1.63 bits per heavy atom. The minimum absolute atomic E-state index is 0.0287. The van der Waals surface area contributed by atoms with Crippen molar-refractivity contribution in [1.82, 2.24) is 0 Å². The average molecular weight is 463 g/mol. The molecule has 0 aliphatic heterocycles. The third-order valence-corrected chi connectivity index (χ3v) is 4.14. The van der Waals surface area contributed by atoms with Gasteiger partial charge in [0.1, 0.15) is 11.7 Å². The van der Waals surface area contributed by atoms with Crippen molar-refractivity contribution >= 4 is 23.4 Å². The number of carboxylic acid groups (broad SMARTS) is 1. The predicted octanol–water partition coefficient (Wildman–Crippen LogP) is 6.99. The standard InChI is InChI=1S/C18H8ClF9O2/c19-12-4-8(5-14(21)15(12)22)10(17(23,24)25)6-13(20)7-1-2-9(16(29)30)11(3-7)18(26,27)28/h1-6,10H,(H,29,30)/b13-6-. The number of halogens is 10. The van der Waals surface area contributed by atoms with E-state index in [1.54, 1.807) is 0 Å². The molecule has 0 radical (unpaired) electrons. The van der Waals surface area contributed by atoms with Gasteiger partial charge >= 0.3 is 18.3 Å². The zero-order chi connectivity index (χ0) is 23.0. The summed E-state index contributed by atoms with van der Waals surface area (Å²) in [7, 11) is 0. The number of benzene rings is 2. The molecule has 162 valence electrons. The number of allylic oxidation sites excluding steroid dienone is 1. The quantitative estimate of drug-likeness (QED) is 0.393. The van der Waals surface area contributed by atoms with Crippen molar-refractivity contribution in [3.8, 4) is 0 Å². The van der Waals surface area contributed by atoms with Gasteiger partial charge < -0.3 is 5.11 Å². The summed E-state index contributed by atoms with van der Waals surface area (Å²) in [6, 6.07) is 1.47. The first-order chi connectivity index (χ1) is 13.6. The van der Waals surface area contributed by atoms with Gasteiger partial charge in [0.2, 0.25) is 0 Å². The molecule has 0 aliphatic rings. The molecule has 1 N–H and O–H groups in total. The lowest BCUT2D eigenvalue weighted by Crippen LogP contribution is -2.19. The summed E-state index contributed by atoms with van der Waals surface area (Å²) in [4.78, 5) is 10.9. The highest BCUT2D eigenvalue weighted by Gasteiger charge is 2.41. The summed E-state index contributed by atoms with van der Waals surface area (Å²) in [5, 5.41) is 7.78. The van der Waals surface area contributed by atoms with Crippen molar-refractivity contribution in [2.75, 3.05) is 0 Å². The predicted molar refractivity (Wildman–Crippen MR) is 87.7 cm³/mol. The lowest BCUT2D eigenvalue weighted by Gasteiger charge is -2.19. The molecule has 2 rings (SSSR count). The summed E-state index contributed by atoms with van der Waals surface area (Å²) < 4.78 is 120. The van der Waals surface area contributed by atoms with Crippen LogP contribution in [-0.4, -0.2) is 17.3 Å². The molecule has 2 nitrogen and oxygen atoms in total. The van der Waals surface area contributed by atoms with Crippen LogP contribution in [0.3, 0.4) is 0 Å². The zero-order valence-corrected chi connectivity index (χ0v) is 14.9. The molecule has 0 heterocycles. The number of hydrogen-bond acceptors (Lipinski definition) is 1. The van der Waals surface area contributed by atoms with Gasteiger partial charge in [-0.2, -0.15) is 26.3 Å². The van der Waals surface area contributed by atoms with Crippen molar-refractivity contribution in [3.05, 3.63) is 75.3 Å². The Kier molecular flexibility index (Phi) is 6.45. The highest BCUT2D eigenvalue weighted by Crippen LogP contribution is 2.41. The van der Waals surface area contributed by atoms with Crippen LogP contribution in [0, 0.1) is 11.6 Å². The van der Waals surface area contributed by atoms with Crippen molar-refractivity contribution in [3.63, 3.8) is 0 Å². The lowest BCUT2D eigenvalue weighted by atomic mass is 9.95. The second kappa shape index (κ2) is 8.21. The van der Waals surface area contributed by atoms with E-state index < -0.39 is 69.0 Å². The summed E-state index contributed by atoms with van der Waals surface area (Å²) in [6.45, 7) is 0. The largest absolute Gasteiger partial charge is 0.478 e. The van der Waals surface area contributed by atoms with Gasteiger partial charge in [-0.15, -0.1) is 0 Å².